The molecular formula is C8H11BrO2. The van der Waals surface area contributed by atoms with Gasteiger partial charge in [-0.2, -0.15) is 0 Å². The molecule has 0 unspecified atom stereocenters. The molecular weight excluding hydrogens is 208 g/mol. The summed E-state index contributed by atoms with van der Waals surface area (Å²) < 4.78 is 0.310. The molecule has 0 bridgehead atoms. The van der Waals surface area contributed by atoms with Crippen LogP contribution >= 0.6 is 15.9 Å². The van der Waals surface area contributed by atoms with Gasteiger partial charge in [-0.15, -0.1) is 0 Å². The minimum atomic E-state index is -0.864. The fourth-order valence-electron chi connectivity index (χ4n) is 1.40. The molecule has 1 N–H and O–H groups in total. The van der Waals surface area contributed by atoms with E-state index in [4.69, 9.17) is 5.11 Å². The third kappa shape index (κ3) is 2.66. The maximum atomic E-state index is 10.4. The molecule has 1 aliphatic carbocycles. The number of aliphatic carboxylic acids is 1. The molecule has 0 amide bonds. The van der Waals surface area contributed by atoms with E-state index in [2.05, 4.69) is 15.9 Å². The summed E-state index contributed by atoms with van der Waals surface area (Å²) in [6.45, 7) is 0. The molecule has 0 aromatic carbocycles. The van der Waals surface area contributed by atoms with E-state index in [1.54, 1.807) is 0 Å². The second-order valence-electron chi connectivity index (χ2n) is 2.86. The number of carbonyl (C=O) groups is 1. The van der Waals surface area contributed by atoms with Crippen molar-refractivity contribution in [1.29, 1.82) is 0 Å². The second-order valence-corrected chi connectivity index (χ2v) is 3.72. The quantitative estimate of drug-likeness (QED) is 0.724. The highest BCUT2D eigenvalue weighted by Crippen LogP contribution is 2.27. The van der Waals surface area contributed by atoms with Gasteiger partial charge in [0.25, 0.3) is 0 Å². The normalized spacial score (nSPS) is 20.6. The molecule has 0 spiro atoms. The molecule has 1 fully saturated rings. The zero-order chi connectivity index (χ0) is 8.27. The third-order valence-corrected chi connectivity index (χ3v) is 2.59. The maximum Gasteiger partial charge on any atom is 0.342 e. The van der Waals surface area contributed by atoms with Crippen molar-refractivity contribution in [3.8, 4) is 0 Å². The van der Waals surface area contributed by atoms with Crippen LogP contribution in [0.4, 0.5) is 0 Å². The minimum absolute atomic E-state index is 0.310. The molecule has 0 aromatic heterocycles. The highest BCUT2D eigenvalue weighted by molar-refractivity contribution is 9.12. The van der Waals surface area contributed by atoms with Crippen molar-refractivity contribution in [2.45, 2.75) is 25.7 Å². The molecule has 1 rings (SSSR count). The lowest BCUT2D eigenvalue weighted by atomic mass is 10.1. The lowest BCUT2D eigenvalue weighted by Crippen LogP contribution is -1.96. The van der Waals surface area contributed by atoms with Crippen LogP contribution in [0.5, 0.6) is 0 Å². The number of carboxylic acids is 1. The Morgan fingerprint density at radius 1 is 1.45 bits per heavy atom. The predicted molar refractivity (Wildman–Crippen MR) is 46.6 cm³/mol. The van der Waals surface area contributed by atoms with Crippen LogP contribution in [0.1, 0.15) is 25.7 Å². The van der Waals surface area contributed by atoms with E-state index in [1.165, 1.54) is 12.8 Å². The highest BCUT2D eigenvalue weighted by atomic mass is 79.9. The van der Waals surface area contributed by atoms with Gasteiger partial charge in [0.15, 0.2) is 0 Å². The Morgan fingerprint density at radius 3 is 2.45 bits per heavy atom. The van der Waals surface area contributed by atoms with Gasteiger partial charge in [-0.1, -0.05) is 18.9 Å². The molecule has 1 saturated carbocycles. The van der Waals surface area contributed by atoms with Crippen molar-refractivity contribution in [1.82, 2.24) is 0 Å². The maximum absolute atomic E-state index is 10.4. The van der Waals surface area contributed by atoms with E-state index in [1.807, 2.05) is 6.08 Å². The first kappa shape index (κ1) is 8.78. The first-order valence-electron chi connectivity index (χ1n) is 3.81. The lowest BCUT2D eigenvalue weighted by molar-refractivity contribution is -0.131. The largest absolute Gasteiger partial charge is 0.477 e. The van der Waals surface area contributed by atoms with E-state index in [0.717, 1.165) is 12.8 Å². The van der Waals surface area contributed by atoms with Crippen molar-refractivity contribution >= 4 is 21.9 Å². The van der Waals surface area contributed by atoms with Gasteiger partial charge in [0.05, 0.1) is 4.48 Å². The third-order valence-electron chi connectivity index (χ3n) is 1.99. The van der Waals surface area contributed by atoms with E-state index in [-0.39, 0.29) is 0 Å². The number of hydrogen-bond acceptors (Lipinski definition) is 1. The van der Waals surface area contributed by atoms with Crippen molar-refractivity contribution in [3.05, 3.63) is 10.6 Å². The monoisotopic (exact) mass is 218 g/mol. The molecule has 3 heteroatoms. The van der Waals surface area contributed by atoms with Crippen LogP contribution in [-0.2, 0) is 4.79 Å². The Bertz CT molecular complexity index is 181. The zero-order valence-corrected chi connectivity index (χ0v) is 7.80. The summed E-state index contributed by atoms with van der Waals surface area (Å²) in [7, 11) is 0. The summed E-state index contributed by atoms with van der Waals surface area (Å²) in [4.78, 5) is 10.4. The van der Waals surface area contributed by atoms with E-state index < -0.39 is 5.97 Å². The molecule has 0 atom stereocenters. The molecule has 11 heavy (non-hydrogen) atoms. The van der Waals surface area contributed by atoms with Crippen LogP contribution < -0.4 is 0 Å². The fraction of sp³-hybridized carbons (Fsp3) is 0.625. The summed E-state index contributed by atoms with van der Waals surface area (Å²) >= 11 is 3.01. The molecule has 0 saturated heterocycles. The van der Waals surface area contributed by atoms with Crippen molar-refractivity contribution < 1.29 is 9.90 Å². The Hall–Kier alpha value is -0.310. The molecule has 0 aromatic rings. The van der Waals surface area contributed by atoms with Crippen LogP contribution in [0.15, 0.2) is 10.6 Å². The average molecular weight is 219 g/mol. The predicted octanol–water partition coefficient (Wildman–Crippen LogP) is 2.54. The minimum Gasteiger partial charge on any atom is -0.477 e. The van der Waals surface area contributed by atoms with Gasteiger partial charge in [-0.25, -0.2) is 4.79 Å². The summed E-state index contributed by atoms with van der Waals surface area (Å²) in [5.41, 5.74) is 0. The molecule has 1 aliphatic rings. The van der Waals surface area contributed by atoms with Gasteiger partial charge in [-0.3, -0.25) is 0 Å². The fourth-order valence-corrected chi connectivity index (χ4v) is 1.78. The highest BCUT2D eigenvalue weighted by Gasteiger charge is 2.14. The number of rotatable bonds is 2. The number of carboxylic acid groups (broad SMARTS) is 1. The molecule has 0 radical (unpaired) electrons. The SMILES string of the molecule is O=C(O)/C(Br)=C/C1CCCC1. The number of halogens is 1. The van der Waals surface area contributed by atoms with Gasteiger partial charge < -0.3 is 5.11 Å². The average Bonchev–Trinajstić information content (AvgIpc) is 2.39. The first-order chi connectivity index (χ1) is 5.20. The van der Waals surface area contributed by atoms with Crippen molar-refractivity contribution in [2.75, 3.05) is 0 Å². The Labute approximate surface area is 74.4 Å². The smallest absolute Gasteiger partial charge is 0.342 e. The Morgan fingerprint density at radius 2 is 2.00 bits per heavy atom. The van der Waals surface area contributed by atoms with Gasteiger partial charge >= 0.3 is 5.97 Å². The van der Waals surface area contributed by atoms with Crippen LogP contribution in [-0.4, -0.2) is 11.1 Å². The lowest BCUT2D eigenvalue weighted by Gasteiger charge is -2.00. The molecule has 0 heterocycles. The van der Waals surface area contributed by atoms with Gasteiger partial charge in [-0.05, 0) is 34.7 Å². The van der Waals surface area contributed by atoms with Gasteiger partial charge in [0, 0.05) is 0 Å². The Kier molecular flexibility index (Phi) is 3.12. The number of hydrogen-bond donors (Lipinski definition) is 1. The van der Waals surface area contributed by atoms with Crippen molar-refractivity contribution in [2.24, 2.45) is 5.92 Å². The van der Waals surface area contributed by atoms with Gasteiger partial charge in [0.2, 0.25) is 0 Å². The van der Waals surface area contributed by atoms with Crippen LogP contribution in [0.3, 0.4) is 0 Å². The summed E-state index contributed by atoms with van der Waals surface area (Å²) in [6.07, 6.45) is 6.57. The Balaban J connectivity index is 2.49. The van der Waals surface area contributed by atoms with Crippen LogP contribution in [0.2, 0.25) is 0 Å². The summed E-state index contributed by atoms with van der Waals surface area (Å²) in [5, 5.41) is 8.53. The van der Waals surface area contributed by atoms with E-state index in [0.29, 0.717) is 10.4 Å². The molecule has 62 valence electrons. The first-order valence-corrected chi connectivity index (χ1v) is 4.60. The summed E-state index contributed by atoms with van der Waals surface area (Å²) in [5.74, 6) is -0.377. The number of allylic oxidation sites excluding steroid dienone is 1. The molecule has 0 aliphatic heterocycles. The summed E-state index contributed by atoms with van der Waals surface area (Å²) in [6, 6.07) is 0. The van der Waals surface area contributed by atoms with Crippen molar-refractivity contribution in [3.63, 3.8) is 0 Å². The van der Waals surface area contributed by atoms with Crippen LogP contribution in [0, 0.1) is 5.92 Å². The molecule has 2 nitrogen and oxygen atoms in total. The van der Waals surface area contributed by atoms with E-state index >= 15 is 0 Å². The topological polar surface area (TPSA) is 37.3 Å². The van der Waals surface area contributed by atoms with Crippen LogP contribution in [0.25, 0.3) is 0 Å². The zero-order valence-electron chi connectivity index (χ0n) is 6.22. The second kappa shape index (κ2) is 3.90. The standard InChI is InChI=1S/C8H11BrO2/c9-7(8(10)11)5-6-3-1-2-4-6/h5-6H,1-4H2,(H,10,11)/b7-5-. The van der Waals surface area contributed by atoms with E-state index in [9.17, 15) is 4.79 Å². The van der Waals surface area contributed by atoms with Gasteiger partial charge in [0.1, 0.15) is 0 Å².